The molecule has 21 heavy (non-hydrogen) atoms. The predicted octanol–water partition coefficient (Wildman–Crippen LogP) is 3.72. The average molecular weight is 324 g/mol. The zero-order chi connectivity index (χ0) is 15.9. The zero-order valence-corrected chi connectivity index (χ0v) is 13.5. The summed E-state index contributed by atoms with van der Waals surface area (Å²) in [7, 11) is 0. The van der Waals surface area contributed by atoms with Crippen LogP contribution in [0.4, 0.5) is 13.2 Å². The fraction of sp³-hybridized carbons (Fsp3) is 0.786. The first-order valence-electron chi connectivity index (χ1n) is 7.17. The molecule has 0 atom stereocenters. The fourth-order valence-corrected chi connectivity index (χ4v) is 2.80. The van der Waals surface area contributed by atoms with Crippen molar-refractivity contribution in [3.63, 3.8) is 0 Å². The highest BCUT2D eigenvalue weighted by Gasteiger charge is 2.27. The van der Waals surface area contributed by atoms with Crippen LogP contribution in [0.15, 0.2) is 0 Å². The van der Waals surface area contributed by atoms with E-state index in [2.05, 4.69) is 35.8 Å². The van der Waals surface area contributed by atoms with Crippen molar-refractivity contribution in [2.24, 2.45) is 0 Å². The summed E-state index contributed by atoms with van der Waals surface area (Å²) in [6, 6.07) is 0.389. The third kappa shape index (κ3) is 7.78. The minimum Gasteiger partial charge on any atom is -0.372 e. The van der Waals surface area contributed by atoms with Crippen LogP contribution in [0.25, 0.3) is 0 Å². The molecule has 0 bridgehead atoms. The van der Waals surface area contributed by atoms with Gasteiger partial charge in [-0.3, -0.25) is 0 Å². The summed E-state index contributed by atoms with van der Waals surface area (Å²) in [4.78, 5) is 5.71. The number of thiazole rings is 1. The number of ether oxygens (including phenoxy) is 1. The first kappa shape index (κ1) is 18.4. The SMILES string of the molecule is CCCc1nc(CCOCC(F)(F)F)sc1CNC(C)C. The largest absolute Gasteiger partial charge is 0.411 e. The van der Waals surface area contributed by atoms with Crippen LogP contribution in [0.3, 0.4) is 0 Å². The molecule has 0 aromatic carbocycles. The molecule has 0 aliphatic heterocycles. The van der Waals surface area contributed by atoms with Gasteiger partial charge in [0.1, 0.15) is 6.61 Å². The minimum absolute atomic E-state index is 0.0512. The predicted molar refractivity (Wildman–Crippen MR) is 78.7 cm³/mol. The number of aryl methyl sites for hydroxylation is 1. The smallest absolute Gasteiger partial charge is 0.372 e. The van der Waals surface area contributed by atoms with Crippen molar-refractivity contribution >= 4 is 11.3 Å². The minimum atomic E-state index is -4.26. The summed E-state index contributed by atoms with van der Waals surface area (Å²) in [6.07, 6.45) is -1.93. The van der Waals surface area contributed by atoms with E-state index >= 15 is 0 Å². The van der Waals surface area contributed by atoms with Crippen LogP contribution < -0.4 is 5.32 Å². The molecule has 1 N–H and O–H groups in total. The van der Waals surface area contributed by atoms with Gasteiger partial charge in [-0.05, 0) is 6.42 Å². The maximum absolute atomic E-state index is 12.0. The number of nitrogens with one attached hydrogen (secondary N) is 1. The van der Waals surface area contributed by atoms with Crippen molar-refractivity contribution in [1.29, 1.82) is 0 Å². The normalized spacial score (nSPS) is 12.3. The summed E-state index contributed by atoms with van der Waals surface area (Å²) >= 11 is 1.56. The second-order valence-corrected chi connectivity index (χ2v) is 6.35. The van der Waals surface area contributed by atoms with E-state index in [4.69, 9.17) is 0 Å². The highest BCUT2D eigenvalue weighted by Crippen LogP contribution is 2.21. The van der Waals surface area contributed by atoms with Crippen LogP contribution in [0.5, 0.6) is 0 Å². The summed E-state index contributed by atoms with van der Waals surface area (Å²) in [5.74, 6) is 0. The Kier molecular flexibility index (Phi) is 7.62. The molecule has 0 aliphatic carbocycles. The highest BCUT2D eigenvalue weighted by atomic mass is 32.1. The molecule has 1 aromatic rings. The van der Waals surface area contributed by atoms with Gasteiger partial charge in [0.25, 0.3) is 0 Å². The van der Waals surface area contributed by atoms with Crippen LogP contribution in [0, 0.1) is 0 Å². The first-order chi connectivity index (χ1) is 9.81. The van der Waals surface area contributed by atoms with Gasteiger partial charge in [-0.25, -0.2) is 4.98 Å². The van der Waals surface area contributed by atoms with Crippen LogP contribution in [0.1, 0.15) is 42.8 Å². The number of rotatable bonds is 9. The number of alkyl halides is 3. The van der Waals surface area contributed by atoms with Crippen LogP contribution in [-0.2, 0) is 24.1 Å². The third-order valence-electron chi connectivity index (χ3n) is 2.71. The van der Waals surface area contributed by atoms with E-state index in [0.29, 0.717) is 12.5 Å². The first-order valence-corrected chi connectivity index (χ1v) is 7.98. The van der Waals surface area contributed by atoms with E-state index in [1.165, 1.54) is 4.88 Å². The van der Waals surface area contributed by atoms with E-state index in [1.54, 1.807) is 11.3 Å². The Labute approximate surface area is 127 Å². The average Bonchev–Trinajstić information content (AvgIpc) is 2.74. The summed E-state index contributed by atoms with van der Waals surface area (Å²) in [6.45, 7) is 5.86. The number of aromatic nitrogens is 1. The van der Waals surface area contributed by atoms with E-state index in [9.17, 15) is 13.2 Å². The fourth-order valence-electron chi connectivity index (χ4n) is 1.76. The molecule has 0 radical (unpaired) electrons. The molecule has 0 saturated heterocycles. The number of hydrogen-bond donors (Lipinski definition) is 1. The molecular formula is C14H23F3N2OS. The number of hydrogen-bond acceptors (Lipinski definition) is 4. The van der Waals surface area contributed by atoms with Gasteiger partial charge in [-0.2, -0.15) is 13.2 Å². The van der Waals surface area contributed by atoms with Crippen LogP contribution in [-0.4, -0.2) is 30.4 Å². The Bertz CT molecular complexity index is 419. The molecule has 0 amide bonds. The monoisotopic (exact) mass is 324 g/mol. The standard InChI is InChI=1S/C14H23F3N2OS/c1-4-5-11-12(8-18-10(2)3)21-13(19-11)6-7-20-9-14(15,16)17/h10,18H,4-9H2,1-3H3. The van der Waals surface area contributed by atoms with Crippen molar-refractivity contribution < 1.29 is 17.9 Å². The molecule has 0 fully saturated rings. The molecular weight excluding hydrogens is 301 g/mol. The Morgan fingerprint density at radius 3 is 2.57 bits per heavy atom. The zero-order valence-electron chi connectivity index (χ0n) is 12.7. The van der Waals surface area contributed by atoms with Gasteiger partial charge in [0.2, 0.25) is 0 Å². The molecule has 3 nitrogen and oxygen atoms in total. The number of nitrogens with zero attached hydrogens (tertiary/aromatic N) is 1. The Balaban J connectivity index is 2.52. The molecule has 0 unspecified atom stereocenters. The second-order valence-electron chi connectivity index (χ2n) is 5.18. The molecule has 122 valence electrons. The van der Waals surface area contributed by atoms with E-state index in [0.717, 1.165) is 30.1 Å². The van der Waals surface area contributed by atoms with Crippen molar-refractivity contribution in [2.45, 2.75) is 58.8 Å². The lowest BCUT2D eigenvalue weighted by Gasteiger charge is -2.07. The lowest BCUT2D eigenvalue weighted by molar-refractivity contribution is -0.173. The van der Waals surface area contributed by atoms with Gasteiger partial charge in [0.05, 0.1) is 17.3 Å². The summed E-state index contributed by atoms with van der Waals surface area (Å²) in [5, 5.41) is 4.20. The number of halogens is 3. The lowest BCUT2D eigenvalue weighted by Crippen LogP contribution is -2.21. The summed E-state index contributed by atoms with van der Waals surface area (Å²) in [5.41, 5.74) is 1.06. The molecule has 1 aromatic heterocycles. The van der Waals surface area contributed by atoms with Crippen molar-refractivity contribution in [1.82, 2.24) is 10.3 Å². The molecule has 0 aliphatic rings. The van der Waals surface area contributed by atoms with E-state index in [-0.39, 0.29) is 6.61 Å². The highest BCUT2D eigenvalue weighted by molar-refractivity contribution is 7.11. The van der Waals surface area contributed by atoms with Crippen molar-refractivity contribution in [3.8, 4) is 0 Å². The lowest BCUT2D eigenvalue weighted by atomic mass is 10.2. The molecule has 1 rings (SSSR count). The van der Waals surface area contributed by atoms with Gasteiger partial charge in [0.15, 0.2) is 0 Å². The topological polar surface area (TPSA) is 34.1 Å². The van der Waals surface area contributed by atoms with Gasteiger partial charge >= 0.3 is 6.18 Å². The Hall–Kier alpha value is -0.660. The maximum atomic E-state index is 12.0. The van der Waals surface area contributed by atoms with Gasteiger partial charge in [-0.1, -0.05) is 27.2 Å². The maximum Gasteiger partial charge on any atom is 0.411 e. The van der Waals surface area contributed by atoms with Gasteiger partial charge in [0, 0.05) is 23.9 Å². The Morgan fingerprint density at radius 1 is 1.29 bits per heavy atom. The van der Waals surface area contributed by atoms with E-state index in [1.807, 2.05) is 0 Å². The molecule has 1 heterocycles. The molecule has 0 saturated carbocycles. The molecule has 7 heteroatoms. The van der Waals surface area contributed by atoms with Gasteiger partial charge in [-0.15, -0.1) is 11.3 Å². The van der Waals surface area contributed by atoms with Crippen LogP contribution in [0.2, 0.25) is 0 Å². The van der Waals surface area contributed by atoms with E-state index < -0.39 is 12.8 Å². The Morgan fingerprint density at radius 2 is 2.00 bits per heavy atom. The summed E-state index contributed by atoms with van der Waals surface area (Å²) < 4.78 is 40.6. The quantitative estimate of drug-likeness (QED) is 0.703. The second kappa shape index (κ2) is 8.70. The third-order valence-corrected chi connectivity index (χ3v) is 3.86. The van der Waals surface area contributed by atoms with Gasteiger partial charge < -0.3 is 10.1 Å². The molecule has 0 spiro atoms. The van der Waals surface area contributed by atoms with Crippen molar-refractivity contribution in [3.05, 3.63) is 15.6 Å². The van der Waals surface area contributed by atoms with Crippen molar-refractivity contribution in [2.75, 3.05) is 13.2 Å². The van der Waals surface area contributed by atoms with Crippen LogP contribution >= 0.6 is 11.3 Å².